The van der Waals surface area contributed by atoms with Gasteiger partial charge in [0.15, 0.2) is 5.76 Å². The third-order valence-corrected chi connectivity index (χ3v) is 2.76. The van der Waals surface area contributed by atoms with Crippen molar-refractivity contribution in [3.05, 3.63) is 42.7 Å². The van der Waals surface area contributed by atoms with Crippen molar-refractivity contribution in [1.29, 1.82) is 5.41 Å². The average Bonchev–Trinajstić information content (AvgIpc) is 2.78. The van der Waals surface area contributed by atoms with Crippen LogP contribution in [0.5, 0.6) is 0 Å². The van der Waals surface area contributed by atoms with Gasteiger partial charge in [0.2, 0.25) is 0 Å². The van der Waals surface area contributed by atoms with Gasteiger partial charge in [0.1, 0.15) is 11.3 Å². The van der Waals surface area contributed by atoms with Crippen molar-refractivity contribution in [3.8, 4) is 0 Å². The molecule has 0 aliphatic heterocycles. The van der Waals surface area contributed by atoms with Crippen molar-refractivity contribution in [3.63, 3.8) is 0 Å². The van der Waals surface area contributed by atoms with E-state index in [0.29, 0.717) is 30.4 Å². The van der Waals surface area contributed by atoms with Gasteiger partial charge in [-0.2, -0.15) is 0 Å². The Balaban J connectivity index is 2.41. The largest absolute Gasteiger partial charge is 0.452 e. The second-order valence-corrected chi connectivity index (χ2v) is 4.55. The van der Waals surface area contributed by atoms with Crippen molar-refractivity contribution >= 4 is 28.1 Å². The monoisotopic (exact) mass is 270 g/mol. The first kappa shape index (κ1) is 14.2. The molecule has 0 bridgehead atoms. The van der Waals surface area contributed by atoms with Gasteiger partial charge in [-0.3, -0.25) is 4.99 Å². The highest BCUT2D eigenvalue weighted by Crippen LogP contribution is 2.33. The van der Waals surface area contributed by atoms with Gasteiger partial charge in [-0.15, -0.1) is 6.58 Å². The highest BCUT2D eigenvalue weighted by Gasteiger charge is 2.15. The fourth-order valence-electron chi connectivity index (χ4n) is 1.91. The van der Waals surface area contributed by atoms with Crippen LogP contribution in [0.15, 0.2) is 46.3 Å². The molecule has 0 saturated heterocycles. The third-order valence-electron chi connectivity index (χ3n) is 2.76. The van der Waals surface area contributed by atoms with Crippen molar-refractivity contribution in [2.75, 3.05) is 13.2 Å². The zero-order chi connectivity index (χ0) is 14.5. The lowest BCUT2D eigenvalue weighted by Gasteiger charge is -2.01. The summed E-state index contributed by atoms with van der Waals surface area (Å²) in [4.78, 5) is 4.56. The normalized spacial score (nSPS) is 11.8. The summed E-state index contributed by atoms with van der Waals surface area (Å²) in [5.41, 5.74) is 2.64. The number of nitrogens with one attached hydrogen (secondary N) is 1. The number of benzene rings is 1. The Morgan fingerprint density at radius 2 is 2.15 bits per heavy atom. The Bertz CT molecular complexity index is 668. The molecule has 1 heterocycles. The fraction of sp³-hybridized carbons (Fsp3) is 0.250. The molecule has 0 atom stereocenters. The van der Waals surface area contributed by atoms with Crippen molar-refractivity contribution < 1.29 is 9.15 Å². The first-order chi connectivity index (χ1) is 9.63. The van der Waals surface area contributed by atoms with Crippen LogP contribution in [0.1, 0.15) is 19.6 Å². The summed E-state index contributed by atoms with van der Waals surface area (Å²) in [7, 11) is 0. The molecule has 0 saturated carbocycles. The van der Waals surface area contributed by atoms with E-state index in [9.17, 15) is 0 Å². The van der Waals surface area contributed by atoms with E-state index in [-0.39, 0.29) is 0 Å². The van der Waals surface area contributed by atoms with Crippen LogP contribution < -0.4 is 0 Å². The Hall–Kier alpha value is -2.20. The van der Waals surface area contributed by atoms with Crippen LogP contribution in [0.25, 0.3) is 11.0 Å². The Kier molecular flexibility index (Phi) is 4.48. The zero-order valence-electron chi connectivity index (χ0n) is 11.8. The van der Waals surface area contributed by atoms with Gasteiger partial charge in [-0.25, -0.2) is 0 Å². The van der Waals surface area contributed by atoms with Crippen molar-refractivity contribution in [2.45, 2.75) is 13.8 Å². The fourth-order valence-corrected chi connectivity index (χ4v) is 1.91. The van der Waals surface area contributed by atoms with Crippen LogP contribution in [0.2, 0.25) is 0 Å². The number of furan rings is 1. The molecular weight excluding hydrogens is 252 g/mol. The molecule has 0 amide bonds. The average molecular weight is 270 g/mol. The van der Waals surface area contributed by atoms with Crippen LogP contribution in [0, 0.1) is 5.41 Å². The van der Waals surface area contributed by atoms with E-state index in [1.54, 1.807) is 13.0 Å². The number of aliphatic imine (C=N–C) groups is 1. The van der Waals surface area contributed by atoms with Crippen LogP contribution in [-0.2, 0) is 4.74 Å². The van der Waals surface area contributed by atoms with E-state index in [0.717, 1.165) is 16.7 Å². The third kappa shape index (κ3) is 3.03. The molecule has 1 N–H and O–H groups in total. The highest BCUT2D eigenvalue weighted by atomic mass is 16.5. The molecule has 0 aliphatic rings. The lowest BCUT2D eigenvalue weighted by Crippen LogP contribution is -2.04. The minimum Gasteiger partial charge on any atom is -0.452 e. The molecule has 4 nitrogen and oxygen atoms in total. The van der Waals surface area contributed by atoms with E-state index in [1.165, 1.54) is 0 Å². The summed E-state index contributed by atoms with van der Waals surface area (Å²) in [5, 5.41) is 8.73. The molecule has 2 aromatic rings. The molecule has 0 aliphatic carbocycles. The van der Waals surface area contributed by atoms with Gasteiger partial charge in [0.25, 0.3) is 0 Å². The minimum atomic E-state index is 0.361. The van der Waals surface area contributed by atoms with Crippen LogP contribution in [-0.4, -0.2) is 24.6 Å². The summed E-state index contributed by atoms with van der Waals surface area (Å²) in [6.07, 6.45) is 1.70. The minimum absolute atomic E-state index is 0.361. The first-order valence-electron chi connectivity index (χ1n) is 6.43. The summed E-state index contributed by atoms with van der Waals surface area (Å²) in [6, 6.07) is 7.66. The van der Waals surface area contributed by atoms with Gasteiger partial charge in [-0.1, -0.05) is 18.2 Å². The number of nitrogens with zero attached hydrogens (tertiary/aromatic N) is 1. The summed E-state index contributed by atoms with van der Waals surface area (Å²) in [5.74, 6) is 0.509. The van der Waals surface area contributed by atoms with Crippen LogP contribution in [0.3, 0.4) is 0 Å². The summed E-state index contributed by atoms with van der Waals surface area (Å²) >= 11 is 0. The number of rotatable bonds is 6. The zero-order valence-corrected chi connectivity index (χ0v) is 11.8. The van der Waals surface area contributed by atoms with Crippen LogP contribution in [0.4, 0.5) is 5.69 Å². The second kappa shape index (κ2) is 6.30. The first-order valence-corrected chi connectivity index (χ1v) is 6.43. The SMILES string of the molecule is C=CCOCC(C)=Nc1c(C(C)=N)oc2ccccc12. The summed E-state index contributed by atoms with van der Waals surface area (Å²) in [6.45, 7) is 8.12. The number of ether oxygens (including phenoxy) is 1. The number of hydrogen-bond acceptors (Lipinski definition) is 4. The van der Waals surface area contributed by atoms with Gasteiger partial charge >= 0.3 is 0 Å². The molecule has 2 rings (SSSR count). The standard InChI is InChI=1S/C16H18N2O2/c1-4-9-19-10-11(2)18-15-13-7-5-6-8-14(13)20-16(15)12(3)17/h4-8,17H,1,9-10H2,2-3H3. The molecule has 104 valence electrons. The highest BCUT2D eigenvalue weighted by molar-refractivity contribution is 6.07. The van der Waals surface area contributed by atoms with Gasteiger partial charge in [-0.05, 0) is 26.0 Å². The van der Waals surface area contributed by atoms with E-state index in [1.807, 2.05) is 31.2 Å². The van der Waals surface area contributed by atoms with Crippen LogP contribution >= 0.6 is 0 Å². The number of hydrogen-bond donors (Lipinski definition) is 1. The second-order valence-electron chi connectivity index (χ2n) is 4.55. The molecule has 0 fully saturated rings. The lowest BCUT2D eigenvalue weighted by atomic mass is 10.2. The molecule has 1 aromatic carbocycles. The van der Waals surface area contributed by atoms with E-state index in [4.69, 9.17) is 14.6 Å². The quantitative estimate of drug-likeness (QED) is 0.487. The van der Waals surface area contributed by atoms with Crippen molar-refractivity contribution in [1.82, 2.24) is 0 Å². The lowest BCUT2D eigenvalue weighted by molar-refractivity contribution is 0.204. The van der Waals surface area contributed by atoms with Gasteiger partial charge in [0.05, 0.1) is 18.9 Å². The Morgan fingerprint density at radius 3 is 2.85 bits per heavy atom. The number of para-hydroxylation sites is 1. The topological polar surface area (TPSA) is 58.6 Å². The molecule has 0 spiro atoms. The predicted molar refractivity (Wildman–Crippen MR) is 82.5 cm³/mol. The maximum absolute atomic E-state index is 7.81. The molecule has 4 heteroatoms. The smallest absolute Gasteiger partial charge is 0.174 e. The maximum Gasteiger partial charge on any atom is 0.174 e. The molecular formula is C16H18N2O2. The summed E-state index contributed by atoms with van der Waals surface area (Å²) < 4.78 is 11.1. The molecule has 0 unspecified atom stereocenters. The molecule has 20 heavy (non-hydrogen) atoms. The Labute approximate surface area is 118 Å². The van der Waals surface area contributed by atoms with Crippen molar-refractivity contribution in [2.24, 2.45) is 4.99 Å². The Morgan fingerprint density at radius 1 is 1.40 bits per heavy atom. The van der Waals surface area contributed by atoms with Gasteiger partial charge < -0.3 is 14.6 Å². The maximum atomic E-state index is 7.81. The molecule has 1 aromatic heterocycles. The van der Waals surface area contributed by atoms with E-state index >= 15 is 0 Å². The van der Waals surface area contributed by atoms with E-state index < -0.39 is 0 Å². The van der Waals surface area contributed by atoms with Gasteiger partial charge in [0, 0.05) is 11.1 Å². The molecule has 0 radical (unpaired) electrons. The van der Waals surface area contributed by atoms with E-state index in [2.05, 4.69) is 11.6 Å². The predicted octanol–water partition coefficient (Wildman–Crippen LogP) is 4.12. The number of fused-ring (bicyclic) bond motifs is 1.